The second-order valence-corrected chi connectivity index (χ2v) is 7.44. The number of anilines is 1. The molecule has 2 heterocycles. The summed E-state index contributed by atoms with van der Waals surface area (Å²) in [5, 5.41) is 17.1. The lowest BCUT2D eigenvalue weighted by Crippen LogP contribution is -2.25. The van der Waals surface area contributed by atoms with Gasteiger partial charge in [0.25, 0.3) is 0 Å². The minimum Gasteiger partial charge on any atom is -0.368 e. The summed E-state index contributed by atoms with van der Waals surface area (Å²) in [6.07, 6.45) is 2.97. The molecule has 28 heavy (non-hydrogen) atoms. The van der Waals surface area contributed by atoms with Gasteiger partial charge in [-0.1, -0.05) is 32.0 Å². The van der Waals surface area contributed by atoms with Crippen molar-refractivity contribution in [1.29, 1.82) is 0 Å². The molecule has 0 amide bonds. The third kappa shape index (κ3) is 3.10. The molecule has 0 fully saturated rings. The first-order chi connectivity index (χ1) is 13.7. The van der Waals surface area contributed by atoms with Gasteiger partial charge in [-0.25, -0.2) is 0 Å². The van der Waals surface area contributed by atoms with E-state index in [9.17, 15) is 0 Å². The zero-order valence-electron chi connectivity index (χ0n) is 17.3. The van der Waals surface area contributed by atoms with Crippen LogP contribution in [0.4, 0.5) is 5.82 Å². The zero-order valence-corrected chi connectivity index (χ0v) is 17.3. The summed E-state index contributed by atoms with van der Waals surface area (Å²) in [6.45, 7) is 10.8. The SMILES string of the molecule is CCN(CC)CCCNc1nncc2cc3c4ccccc4n(C)c3c(C)c12. The number of rotatable bonds is 7. The predicted molar refractivity (Wildman–Crippen MR) is 119 cm³/mol. The van der Waals surface area contributed by atoms with Gasteiger partial charge in [-0.15, -0.1) is 5.10 Å². The molecule has 4 aromatic rings. The van der Waals surface area contributed by atoms with Gasteiger partial charge in [-0.2, -0.15) is 5.10 Å². The van der Waals surface area contributed by atoms with E-state index in [1.807, 2.05) is 6.20 Å². The van der Waals surface area contributed by atoms with E-state index < -0.39 is 0 Å². The minimum absolute atomic E-state index is 0.890. The third-order valence-electron chi connectivity index (χ3n) is 5.89. The van der Waals surface area contributed by atoms with Gasteiger partial charge < -0.3 is 14.8 Å². The Morgan fingerprint density at radius 2 is 1.89 bits per heavy atom. The van der Waals surface area contributed by atoms with E-state index in [0.29, 0.717) is 0 Å². The number of fused-ring (bicyclic) bond motifs is 4. The van der Waals surface area contributed by atoms with Crippen LogP contribution in [0.5, 0.6) is 0 Å². The lowest BCUT2D eigenvalue weighted by molar-refractivity contribution is 0.303. The Morgan fingerprint density at radius 1 is 1.11 bits per heavy atom. The van der Waals surface area contributed by atoms with Crippen molar-refractivity contribution < 1.29 is 0 Å². The second kappa shape index (κ2) is 7.76. The molecule has 2 aromatic heterocycles. The van der Waals surface area contributed by atoms with Crippen LogP contribution >= 0.6 is 0 Å². The molecular formula is C23H29N5. The number of nitrogens with one attached hydrogen (secondary N) is 1. The van der Waals surface area contributed by atoms with Crippen LogP contribution in [0.15, 0.2) is 36.5 Å². The van der Waals surface area contributed by atoms with E-state index in [2.05, 4.69) is 83.1 Å². The highest BCUT2D eigenvalue weighted by Gasteiger charge is 2.15. The number of aryl methyl sites for hydroxylation is 2. The standard InChI is InChI=1S/C23H29N5/c1-5-28(6-2)13-9-12-24-23-21-16(3)22-19(14-17(21)15-25-26-23)18-10-7-8-11-20(18)27(22)4/h7-8,10-11,14-15H,5-6,9,12-13H2,1-4H3,(H,24,26). The van der Waals surface area contributed by atoms with Crippen molar-refractivity contribution in [3.05, 3.63) is 42.1 Å². The molecule has 0 bridgehead atoms. The Hall–Kier alpha value is -2.66. The molecule has 0 radical (unpaired) electrons. The molecule has 146 valence electrons. The molecule has 0 saturated carbocycles. The quantitative estimate of drug-likeness (QED) is 0.475. The first kappa shape index (κ1) is 18.7. The molecule has 0 aliphatic carbocycles. The smallest absolute Gasteiger partial charge is 0.156 e. The molecule has 0 atom stereocenters. The number of nitrogens with zero attached hydrogens (tertiary/aromatic N) is 4. The van der Waals surface area contributed by atoms with Crippen LogP contribution < -0.4 is 5.32 Å². The van der Waals surface area contributed by atoms with Crippen molar-refractivity contribution in [2.24, 2.45) is 7.05 Å². The average Bonchev–Trinajstić information content (AvgIpc) is 3.01. The Morgan fingerprint density at radius 3 is 2.68 bits per heavy atom. The number of benzene rings is 2. The van der Waals surface area contributed by atoms with Crippen LogP contribution in [0.25, 0.3) is 32.6 Å². The van der Waals surface area contributed by atoms with Crippen molar-refractivity contribution in [3.63, 3.8) is 0 Å². The minimum atomic E-state index is 0.890. The van der Waals surface area contributed by atoms with Crippen LogP contribution in [0.1, 0.15) is 25.8 Å². The molecule has 0 spiro atoms. The number of para-hydroxylation sites is 1. The van der Waals surface area contributed by atoms with Gasteiger partial charge in [0.15, 0.2) is 5.82 Å². The Kier molecular flexibility index (Phi) is 5.18. The Labute approximate surface area is 166 Å². The van der Waals surface area contributed by atoms with Crippen molar-refractivity contribution in [1.82, 2.24) is 19.7 Å². The van der Waals surface area contributed by atoms with Gasteiger partial charge in [-0.3, -0.25) is 0 Å². The van der Waals surface area contributed by atoms with Crippen LogP contribution in [0.3, 0.4) is 0 Å². The zero-order chi connectivity index (χ0) is 19.7. The highest BCUT2D eigenvalue weighted by atomic mass is 15.2. The largest absolute Gasteiger partial charge is 0.368 e. The van der Waals surface area contributed by atoms with Crippen molar-refractivity contribution in [3.8, 4) is 0 Å². The average molecular weight is 376 g/mol. The molecule has 5 nitrogen and oxygen atoms in total. The lowest BCUT2D eigenvalue weighted by atomic mass is 10.0. The van der Waals surface area contributed by atoms with Gasteiger partial charge in [0.1, 0.15) is 0 Å². The summed E-state index contributed by atoms with van der Waals surface area (Å²) in [4.78, 5) is 2.45. The maximum Gasteiger partial charge on any atom is 0.156 e. The Bertz CT molecular complexity index is 1120. The van der Waals surface area contributed by atoms with Crippen molar-refractivity contribution in [2.45, 2.75) is 27.2 Å². The fourth-order valence-electron chi connectivity index (χ4n) is 4.37. The maximum absolute atomic E-state index is 4.43. The predicted octanol–water partition coefficient (Wildman–Crippen LogP) is 4.73. The molecule has 1 N–H and O–H groups in total. The highest BCUT2D eigenvalue weighted by Crippen LogP contribution is 2.36. The van der Waals surface area contributed by atoms with Gasteiger partial charge in [0.2, 0.25) is 0 Å². The van der Waals surface area contributed by atoms with Gasteiger partial charge in [-0.05, 0) is 50.7 Å². The molecule has 5 heteroatoms. The van der Waals surface area contributed by atoms with E-state index in [1.165, 1.54) is 32.8 Å². The van der Waals surface area contributed by atoms with E-state index in [0.717, 1.165) is 43.8 Å². The normalized spacial score (nSPS) is 11.9. The van der Waals surface area contributed by atoms with Gasteiger partial charge >= 0.3 is 0 Å². The van der Waals surface area contributed by atoms with Gasteiger partial charge in [0, 0.05) is 40.7 Å². The molecule has 0 aliphatic heterocycles. The first-order valence-electron chi connectivity index (χ1n) is 10.2. The van der Waals surface area contributed by atoms with Crippen LogP contribution in [-0.2, 0) is 7.05 Å². The molecule has 4 rings (SSSR count). The van der Waals surface area contributed by atoms with Gasteiger partial charge in [0.05, 0.1) is 11.7 Å². The van der Waals surface area contributed by atoms with Crippen molar-refractivity contribution in [2.75, 3.05) is 31.5 Å². The molecular weight excluding hydrogens is 346 g/mol. The topological polar surface area (TPSA) is 46.0 Å². The number of hydrogen-bond donors (Lipinski definition) is 1. The highest BCUT2D eigenvalue weighted by molar-refractivity contribution is 6.15. The Balaban J connectivity index is 1.74. The maximum atomic E-state index is 4.43. The summed E-state index contributed by atoms with van der Waals surface area (Å²) in [5.41, 5.74) is 3.78. The van der Waals surface area contributed by atoms with E-state index >= 15 is 0 Å². The van der Waals surface area contributed by atoms with E-state index in [1.54, 1.807) is 0 Å². The molecule has 0 unspecified atom stereocenters. The van der Waals surface area contributed by atoms with Crippen LogP contribution in [0.2, 0.25) is 0 Å². The first-order valence-corrected chi connectivity index (χ1v) is 10.2. The van der Waals surface area contributed by atoms with E-state index in [-0.39, 0.29) is 0 Å². The monoisotopic (exact) mass is 375 g/mol. The number of aromatic nitrogens is 3. The van der Waals surface area contributed by atoms with Crippen LogP contribution in [0, 0.1) is 6.92 Å². The summed E-state index contributed by atoms with van der Waals surface area (Å²) in [5.74, 6) is 0.890. The second-order valence-electron chi connectivity index (χ2n) is 7.44. The summed E-state index contributed by atoms with van der Waals surface area (Å²) in [6, 6.07) is 10.8. The van der Waals surface area contributed by atoms with Crippen LogP contribution in [-0.4, -0.2) is 45.8 Å². The molecule has 0 aliphatic rings. The third-order valence-corrected chi connectivity index (χ3v) is 5.89. The summed E-state index contributed by atoms with van der Waals surface area (Å²) in [7, 11) is 2.15. The number of hydrogen-bond acceptors (Lipinski definition) is 4. The fourth-order valence-corrected chi connectivity index (χ4v) is 4.37. The summed E-state index contributed by atoms with van der Waals surface area (Å²) < 4.78 is 2.30. The molecule has 0 saturated heterocycles. The van der Waals surface area contributed by atoms with E-state index in [4.69, 9.17) is 0 Å². The fraction of sp³-hybridized carbons (Fsp3) is 0.391. The molecule has 2 aromatic carbocycles. The summed E-state index contributed by atoms with van der Waals surface area (Å²) >= 11 is 0. The van der Waals surface area contributed by atoms with Crippen molar-refractivity contribution >= 4 is 38.4 Å². The lowest BCUT2D eigenvalue weighted by Gasteiger charge is -2.18.